The van der Waals surface area contributed by atoms with E-state index in [9.17, 15) is 24.0 Å². The van der Waals surface area contributed by atoms with Crippen LogP contribution in [-0.2, 0) is 25.7 Å². The van der Waals surface area contributed by atoms with E-state index in [4.69, 9.17) is 9.84 Å². The van der Waals surface area contributed by atoms with E-state index in [0.29, 0.717) is 16.9 Å². The van der Waals surface area contributed by atoms with Crippen LogP contribution in [0.15, 0.2) is 18.2 Å². The molecule has 1 aromatic carbocycles. The molecule has 2 atom stereocenters. The van der Waals surface area contributed by atoms with E-state index >= 15 is 0 Å². The van der Waals surface area contributed by atoms with Crippen LogP contribution in [0.25, 0.3) is 0 Å². The third-order valence-corrected chi connectivity index (χ3v) is 4.65. The van der Waals surface area contributed by atoms with E-state index in [1.165, 1.54) is 11.8 Å². The molecule has 28 heavy (non-hydrogen) atoms. The number of ether oxygens (including phenoxy) is 1. The van der Waals surface area contributed by atoms with Crippen LogP contribution >= 0.6 is 0 Å². The average molecular weight is 389 g/mol. The first-order valence-corrected chi connectivity index (χ1v) is 8.69. The molecule has 148 valence electrons. The third-order valence-electron chi connectivity index (χ3n) is 4.65. The molecular formula is C18H19N3O7. The van der Waals surface area contributed by atoms with E-state index in [-0.39, 0.29) is 31.2 Å². The van der Waals surface area contributed by atoms with Gasteiger partial charge in [-0.1, -0.05) is 6.07 Å². The number of amides is 4. The quantitative estimate of drug-likeness (QED) is 0.552. The molecule has 2 heterocycles. The van der Waals surface area contributed by atoms with Crippen LogP contribution in [0, 0.1) is 0 Å². The molecule has 10 heteroatoms. The van der Waals surface area contributed by atoms with Crippen molar-refractivity contribution in [3.05, 3.63) is 29.3 Å². The van der Waals surface area contributed by atoms with Crippen molar-refractivity contribution < 1.29 is 33.8 Å². The first-order chi connectivity index (χ1) is 13.3. The second-order valence-corrected chi connectivity index (χ2v) is 6.60. The first-order valence-electron chi connectivity index (χ1n) is 8.69. The molecule has 1 aromatic rings. The van der Waals surface area contributed by atoms with Crippen molar-refractivity contribution in [2.75, 3.05) is 6.61 Å². The number of hydrogen-bond acceptors (Lipinski definition) is 6. The van der Waals surface area contributed by atoms with Crippen molar-refractivity contribution in [3.63, 3.8) is 0 Å². The van der Waals surface area contributed by atoms with Gasteiger partial charge in [-0.25, -0.2) is 0 Å². The molecule has 0 aliphatic carbocycles. The molecule has 1 unspecified atom stereocenters. The molecule has 0 aromatic heterocycles. The zero-order chi connectivity index (χ0) is 20.4. The van der Waals surface area contributed by atoms with Gasteiger partial charge in [-0.2, -0.15) is 0 Å². The lowest BCUT2D eigenvalue weighted by atomic mass is 10.0. The number of rotatable bonds is 6. The van der Waals surface area contributed by atoms with Crippen LogP contribution in [0.4, 0.5) is 0 Å². The Hall–Kier alpha value is -3.43. The van der Waals surface area contributed by atoms with Gasteiger partial charge in [-0.05, 0) is 25.5 Å². The number of carbonyl (C=O) groups excluding carboxylic acids is 4. The Bertz CT molecular complexity index is 867. The highest BCUT2D eigenvalue weighted by Gasteiger charge is 2.40. The van der Waals surface area contributed by atoms with Gasteiger partial charge in [0.05, 0.1) is 6.54 Å². The van der Waals surface area contributed by atoms with Gasteiger partial charge in [0.1, 0.15) is 17.8 Å². The maximum Gasteiger partial charge on any atom is 0.325 e. The summed E-state index contributed by atoms with van der Waals surface area (Å²) in [6.45, 7) is 1.03. The molecule has 2 aliphatic rings. The highest BCUT2D eigenvalue weighted by molar-refractivity contribution is 6.05. The van der Waals surface area contributed by atoms with Crippen molar-refractivity contribution in [1.29, 1.82) is 0 Å². The predicted octanol–water partition coefficient (Wildman–Crippen LogP) is -0.584. The number of piperidine rings is 1. The number of imide groups is 1. The lowest BCUT2D eigenvalue weighted by molar-refractivity contribution is -0.141. The highest BCUT2D eigenvalue weighted by atomic mass is 16.5. The van der Waals surface area contributed by atoms with Gasteiger partial charge in [0.25, 0.3) is 11.8 Å². The van der Waals surface area contributed by atoms with Crippen molar-refractivity contribution in [1.82, 2.24) is 15.5 Å². The minimum atomic E-state index is -1.17. The first kappa shape index (κ1) is 19.3. The molecule has 0 bridgehead atoms. The number of fused-ring (bicyclic) bond motifs is 1. The van der Waals surface area contributed by atoms with E-state index in [0.717, 1.165) is 0 Å². The zero-order valence-electron chi connectivity index (χ0n) is 15.1. The number of carbonyl (C=O) groups is 5. The molecule has 10 nitrogen and oxygen atoms in total. The van der Waals surface area contributed by atoms with Crippen LogP contribution in [0.1, 0.15) is 35.7 Å². The van der Waals surface area contributed by atoms with Crippen molar-refractivity contribution >= 4 is 29.6 Å². The lowest BCUT2D eigenvalue weighted by Crippen LogP contribution is -2.52. The SMILES string of the molecule is C[C@@H](NC(=O)COc1cccc2c1CN(C1CCC(=O)NC1=O)C2=O)C(=O)O. The normalized spacial score (nSPS) is 19.7. The van der Waals surface area contributed by atoms with Crippen molar-refractivity contribution in [2.24, 2.45) is 0 Å². The van der Waals surface area contributed by atoms with E-state index < -0.39 is 36.5 Å². The van der Waals surface area contributed by atoms with Gasteiger partial charge in [-0.3, -0.25) is 29.3 Å². The van der Waals surface area contributed by atoms with Crippen LogP contribution < -0.4 is 15.4 Å². The van der Waals surface area contributed by atoms with Gasteiger partial charge in [0.15, 0.2) is 6.61 Å². The molecule has 3 rings (SSSR count). The Balaban J connectivity index is 1.70. The fraction of sp³-hybridized carbons (Fsp3) is 0.389. The summed E-state index contributed by atoms with van der Waals surface area (Å²) in [7, 11) is 0. The summed E-state index contributed by atoms with van der Waals surface area (Å²) < 4.78 is 5.48. The summed E-state index contributed by atoms with van der Waals surface area (Å²) in [4.78, 5) is 60.1. The van der Waals surface area contributed by atoms with Gasteiger partial charge in [-0.15, -0.1) is 0 Å². The number of hydrogen-bond donors (Lipinski definition) is 3. The molecule has 1 fully saturated rings. The van der Waals surface area contributed by atoms with Gasteiger partial charge in [0, 0.05) is 17.5 Å². The number of benzene rings is 1. The van der Waals surface area contributed by atoms with Crippen molar-refractivity contribution in [2.45, 2.75) is 38.4 Å². The molecule has 0 radical (unpaired) electrons. The topological polar surface area (TPSA) is 142 Å². The number of carboxylic acids is 1. The Kier molecular flexibility index (Phi) is 5.30. The summed E-state index contributed by atoms with van der Waals surface area (Å²) in [6, 6.07) is 2.99. The van der Waals surface area contributed by atoms with Crippen LogP contribution in [0.5, 0.6) is 5.75 Å². The number of carboxylic acid groups (broad SMARTS) is 1. The smallest absolute Gasteiger partial charge is 0.325 e. The minimum absolute atomic E-state index is 0.115. The summed E-state index contributed by atoms with van der Waals surface area (Å²) in [5, 5.41) is 13.3. The van der Waals surface area contributed by atoms with Crippen LogP contribution in [-0.4, -0.2) is 58.3 Å². The van der Waals surface area contributed by atoms with Gasteiger partial charge < -0.3 is 20.1 Å². The monoisotopic (exact) mass is 389 g/mol. The van der Waals surface area contributed by atoms with E-state index in [2.05, 4.69) is 10.6 Å². The Morgan fingerprint density at radius 1 is 1.36 bits per heavy atom. The van der Waals surface area contributed by atoms with E-state index in [1.54, 1.807) is 18.2 Å². The zero-order valence-corrected chi connectivity index (χ0v) is 15.1. The molecule has 2 aliphatic heterocycles. The Labute approximate surface area is 159 Å². The number of nitrogens with one attached hydrogen (secondary N) is 2. The third kappa shape index (κ3) is 3.80. The molecule has 3 N–H and O–H groups in total. The highest BCUT2D eigenvalue weighted by Crippen LogP contribution is 2.33. The maximum absolute atomic E-state index is 12.7. The van der Waals surface area contributed by atoms with Crippen molar-refractivity contribution in [3.8, 4) is 5.75 Å². The minimum Gasteiger partial charge on any atom is -0.483 e. The molecular weight excluding hydrogens is 370 g/mol. The fourth-order valence-electron chi connectivity index (χ4n) is 3.18. The Morgan fingerprint density at radius 2 is 2.11 bits per heavy atom. The second-order valence-electron chi connectivity index (χ2n) is 6.60. The Morgan fingerprint density at radius 3 is 2.79 bits per heavy atom. The largest absolute Gasteiger partial charge is 0.483 e. The summed E-state index contributed by atoms with van der Waals surface area (Å²) in [5.41, 5.74) is 0.901. The fourth-order valence-corrected chi connectivity index (χ4v) is 3.18. The van der Waals surface area contributed by atoms with Crippen LogP contribution in [0.3, 0.4) is 0 Å². The van der Waals surface area contributed by atoms with Gasteiger partial charge >= 0.3 is 5.97 Å². The second kappa shape index (κ2) is 7.67. The number of aliphatic carboxylic acids is 1. The average Bonchev–Trinajstić information content (AvgIpc) is 2.97. The summed E-state index contributed by atoms with van der Waals surface area (Å²) in [6.07, 6.45) is 0.401. The van der Waals surface area contributed by atoms with E-state index in [1.807, 2.05) is 0 Å². The predicted molar refractivity (Wildman–Crippen MR) is 93.2 cm³/mol. The number of nitrogens with zero attached hydrogens (tertiary/aromatic N) is 1. The maximum atomic E-state index is 12.7. The standard InChI is InChI=1S/C18H19N3O7/c1-9(18(26)27)19-15(23)8-28-13-4-2-3-10-11(13)7-21(17(10)25)12-5-6-14(22)20-16(12)24/h2-4,9,12H,5-8H2,1H3,(H,19,23)(H,26,27)(H,20,22,24)/t9-,12?/m1/s1. The van der Waals surface area contributed by atoms with Gasteiger partial charge in [0.2, 0.25) is 11.8 Å². The lowest BCUT2D eigenvalue weighted by Gasteiger charge is -2.29. The summed E-state index contributed by atoms with van der Waals surface area (Å²) in [5.74, 6) is -2.70. The molecule has 0 spiro atoms. The molecule has 4 amide bonds. The summed E-state index contributed by atoms with van der Waals surface area (Å²) >= 11 is 0. The molecule has 1 saturated heterocycles. The molecule has 0 saturated carbocycles. The van der Waals surface area contributed by atoms with Crippen LogP contribution in [0.2, 0.25) is 0 Å².